The number of nitrogens with one attached hydrogen (secondary N) is 1. The van der Waals surface area contributed by atoms with Crippen molar-refractivity contribution in [1.82, 2.24) is 4.90 Å². The van der Waals surface area contributed by atoms with Gasteiger partial charge in [0.05, 0.1) is 11.5 Å². The lowest BCUT2D eigenvalue weighted by molar-refractivity contribution is -0.128. The Kier molecular flexibility index (Phi) is 5.14. The van der Waals surface area contributed by atoms with E-state index in [1.54, 1.807) is 17.0 Å². The van der Waals surface area contributed by atoms with E-state index >= 15 is 0 Å². The number of carboxylic acid groups (broad SMARTS) is 1. The van der Waals surface area contributed by atoms with E-state index in [2.05, 4.69) is 12.2 Å². The molecule has 1 aromatic carbocycles. The molecule has 0 bridgehead atoms. The fourth-order valence-electron chi connectivity index (χ4n) is 2.45. The Morgan fingerprint density at radius 2 is 2.00 bits per heavy atom. The summed E-state index contributed by atoms with van der Waals surface area (Å²) in [6.45, 7) is 3.22. The Labute approximate surface area is 129 Å². The van der Waals surface area contributed by atoms with Gasteiger partial charge in [0.2, 0.25) is 11.8 Å². The highest BCUT2D eigenvalue weighted by Gasteiger charge is 2.33. The minimum Gasteiger partial charge on any atom is -0.478 e. The van der Waals surface area contributed by atoms with Crippen LogP contribution in [-0.4, -0.2) is 40.9 Å². The van der Waals surface area contributed by atoms with Crippen LogP contribution in [0.2, 0.25) is 0 Å². The van der Waals surface area contributed by atoms with E-state index in [1.165, 1.54) is 12.1 Å². The molecule has 0 spiro atoms. The topological polar surface area (TPSA) is 86.7 Å². The zero-order valence-electron chi connectivity index (χ0n) is 12.5. The van der Waals surface area contributed by atoms with Crippen LogP contribution >= 0.6 is 0 Å². The summed E-state index contributed by atoms with van der Waals surface area (Å²) in [5.41, 5.74) is 0.703. The van der Waals surface area contributed by atoms with Gasteiger partial charge in [-0.05, 0) is 30.7 Å². The van der Waals surface area contributed by atoms with Crippen LogP contribution in [0.4, 0.5) is 5.69 Å². The van der Waals surface area contributed by atoms with Gasteiger partial charge in [0.25, 0.3) is 0 Å². The molecule has 2 rings (SSSR count). The number of carbonyl (C=O) groups excluding carboxylic acids is 2. The number of unbranched alkanes of at least 4 members (excludes halogenated alkanes) is 1. The van der Waals surface area contributed by atoms with Crippen molar-refractivity contribution >= 4 is 23.5 Å². The van der Waals surface area contributed by atoms with Crippen LogP contribution in [-0.2, 0) is 9.59 Å². The van der Waals surface area contributed by atoms with Crippen molar-refractivity contribution in [2.24, 2.45) is 5.92 Å². The van der Waals surface area contributed by atoms with E-state index < -0.39 is 5.97 Å². The zero-order chi connectivity index (χ0) is 16.1. The monoisotopic (exact) mass is 304 g/mol. The third-order valence-corrected chi connectivity index (χ3v) is 3.77. The second kappa shape index (κ2) is 7.06. The largest absolute Gasteiger partial charge is 0.478 e. The number of hydrogen-bond donors (Lipinski definition) is 2. The van der Waals surface area contributed by atoms with Gasteiger partial charge in [-0.3, -0.25) is 9.59 Å². The quantitative estimate of drug-likeness (QED) is 0.841. The molecule has 22 heavy (non-hydrogen) atoms. The van der Waals surface area contributed by atoms with Crippen molar-refractivity contribution in [3.05, 3.63) is 29.8 Å². The molecule has 1 unspecified atom stereocenters. The van der Waals surface area contributed by atoms with Crippen molar-refractivity contribution in [3.8, 4) is 0 Å². The highest BCUT2D eigenvalue weighted by atomic mass is 16.4. The number of aromatic carboxylic acids is 1. The first-order valence-electron chi connectivity index (χ1n) is 7.43. The molecule has 6 nitrogen and oxygen atoms in total. The molecule has 1 heterocycles. The van der Waals surface area contributed by atoms with E-state index in [0.717, 1.165) is 12.8 Å². The minimum atomic E-state index is -1.01. The normalized spacial score (nSPS) is 17.6. The number of nitrogens with zero attached hydrogens (tertiary/aromatic N) is 1. The SMILES string of the molecule is CCCCN1CC(C(=O)Nc2ccc(C(=O)O)cc2)CC1=O. The minimum absolute atomic E-state index is 0.0230. The van der Waals surface area contributed by atoms with Gasteiger partial charge in [-0.25, -0.2) is 4.79 Å². The lowest BCUT2D eigenvalue weighted by Crippen LogP contribution is -2.29. The van der Waals surface area contributed by atoms with Gasteiger partial charge in [-0.15, -0.1) is 0 Å². The molecule has 0 aliphatic carbocycles. The summed E-state index contributed by atoms with van der Waals surface area (Å²) in [5.74, 6) is -1.53. The number of carboxylic acids is 1. The van der Waals surface area contributed by atoms with Gasteiger partial charge < -0.3 is 15.3 Å². The smallest absolute Gasteiger partial charge is 0.335 e. The molecule has 1 aliphatic rings. The molecular weight excluding hydrogens is 284 g/mol. The first kappa shape index (κ1) is 16.0. The summed E-state index contributed by atoms with van der Waals surface area (Å²) in [6, 6.07) is 5.97. The van der Waals surface area contributed by atoms with Gasteiger partial charge in [-0.1, -0.05) is 13.3 Å². The summed E-state index contributed by atoms with van der Waals surface area (Å²) in [4.78, 5) is 36.5. The molecule has 1 fully saturated rings. The summed E-state index contributed by atoms with van der Waals surface area (Å²) in [7, 11) is 0. The lowest BCUT2D eigenvalue weighted by Gasteiger charge is -2.16. The van der Waals surface area contributed by atoms with E-state index in [1.807, 2.05) is 0 Å². The number of benzene rings is 1. The molecule has 118 valence electrons. The Balaban J connectivity index is 1.92. The predicted octanol–water partition coefficient (Wildman–Crippen LogP) is 1.97. The third kappa shape index (κ3) is 3.84. The Morgan fingerprint density at radius 1 is 1.32 bits per heavy atom. The maximum Gasteiger partial charge on any atom is 0.335 e. The highest BCUT2D eigenvalue weighted by Crippen LogP contribution is 2.20. The predicted molar refractivity (Wildman–Crippen MR) is 81.6 cm³/mol. The second-order valence-corrected chi connectivity index (χ2v) is 5.47. The highest BCUT2D eigenvalue weighted by molar-refractivity contribution is 5.97. The molecule has 1 atom stereocenters. The first-order chi connectivity index (χ1) is 10.5. The van der Waals surface area contributed by atoms with Gasteiger partial charge >= 0.3 is 5.97 Å². The van der Waals surface area contributed by atoms with Crippen LogP contribution in [0.3, 0.4) is 0 Å². The van der Waals surface area contributed by atoms with Gasteiger partial charge in [-0.2, -0.15) is 0 Å². The van der Waals surface area contributed by atoms with Crippen LogP contribution in [0, 0.1) is 5.92 Å². The van der Waals surface area contributed by atoms with Crippen molar-refractivity contribution in [2.75, 3.05) is 18.4 Å². The first-order valence-corrected chi connectivity index (χ1v) is 7.43. The molecule has 1 aromatic rings. The molecular formula is C16H20N2O4. The molecule has 0 aromatic heterocycles. The van der Waals surface area contributed by atoms with Crippen LogP contribution < -0.4 is 5.32 Å². The summed E-state index contributed by atoms with van der Waals surface area (Å²) in [5, 5.41) is 11.6. The number of likely N-dealkylation sites (tertiary alicyclic amines) is 1. The summed E-state index contributed by atoms with van der Waals surface area (Å²) < 4.78 is 0. The number of amides is 2. The molecule has 2 amide bonds. The average molecular weight is 304 g/mol. The number of anilines is 1. The third-order valence-electron chi connectivity index (χ3n) is 3.77. The number of carbonyl (C=O) groups is 3. The standard InChI is InChI=1S/C16H20N2O4/c1-2-3-8-18-10-12(9-14(18)19)15(20)17-13-6-4-11(5-7-13)16(21)22/h4-7,12H,2-3,8-10H2,1H3,(H,17,20)(H,21,22). The zero-order valence-corrected chi connectivity index (χ0v) is 12.5. The molecule has 2 N–H and O–H groups in total. The molecule has 6 heteroatoms. The number of hydrogen-bond acceptors (Lipinski definition) is 3. The van der Waals surface area contributed by atoms with Gasteiger partial charge in [0, 0.05) is 25.2 Å². The van der Waals surface area contributed by atoms with Crippen LogP contribution in [0.5, 0.6) is 0 Å². The van der Waals surface area contributed by atoms with Crippen molar-refractivity contribution in [3.63, 3.8) is 0 Å². The summed E-state index contributed by atoms with van der Waals surface area (Å²) in [6.07, 6.45) is 2.19. The molecule has 0 radical (unpaired) electrons. The summed E-state index contributed by atoms with van der Waals surface area (Å²) >= 11 is 0. The van der Waals surface area contributed by atoms with Crippen LogP contribution in [0.15, 0.2) is 24.3 Å². The fourth-order valence-corrected chi connectivity index (χ4v) is 2.45. The Morgan fingerprint density at radius 3 is 2.59 bits per heavy atom. The maximum absolute atomic E-state index is 12.2. The van der Waals surface area contributed by atoms with Gasteiger partial charge in [0.15, 0.2) is 0 Å². The van der Waals surface area contributed by atoms with E-state index in [4.69, 9.17) is 5.11 Å². The van der Waals surface area contributed by atoms with Crippen LogP contribution in [0.25, 0.3) is 0 Å². The molecule has 1 aliphatic heterocycles. The van der Waals surface area contributed by atoms with Crippen LogP contribution in [0.1, 0.15) is 36.5 Å². The Hall–Kier alpha value is -2.37. The van der Waals surface area contributed by atoms with Crippen molar-refractivity contribution in [1.29, 1.82) is 0 Å². The lowest BCUT2D eigenvalue weighted by atomic mass is 10.1. The average Bonchev–Trinajstić information content (AvgIpc) is 2.87. The van der Waals surface area contributed by atoms with Gasteiger partial charge in [0.1, 0.15) is 0 Å². The maximum atomic E-state index is 12.2. The molecule has 0 saturated carbocycles. The van der Waals surface area contributed by atoms with E-state index in [-0.39, 0.29) is 29.7 Å². The fraction of sp³-hybridized carbons (Fsp3) is 0.438. The molecule has 1 saturated heterocycles. The van der Waals surface area contributed by atoms with Crippen molar-refractivity contribution in [2.45, 2.75) is 26.2 Å². The van der Waals surface area contributed by atoms with E-state index in [9.17, 15) is 14.4 Å². The van der Waals surface area contributed by atoms with Crippen molar-refractivity contribution < 1.29 is 19.5 Å². The second-order valence-electron chi connectivity index (χ2n) is 5.47. The van der Waals surface area contributed by atoms with E-state index in [0.29, 0.717) is 18.8 Å². The Bertz CT molecular complexity index is 568. The number of rotatable bonds is 6.